The Bertz CT molecular complexity index is 430. The zero-order chi connectivity index (χ0) is 15.8. The first-order chi connectivity index (χ1) is 9.88. The molecule has 0 spiro atoms. The van der Waals surface area contributed by atoms with E-state index in [1.54, 1.807) is 0 Å². The zero-order valence-corrected chi connectivity index (χ0v) is 13.6. The molecule has 0 fully saturated rings. The highest BCUT2D eigenvalue weighted by Crippen LogP contribution is 2.19. The molecule has 0 aromatic heterocycles. The molecule has 0 radical (unpaired) electrons. The number of amides is 2. The molecule has 5 heteroatoms. The van der Waals surface area contributed by atoms with Gasteiger partial charge in [-0.3, -0.25) is 0 Å². The maximum Gasteiger partial charge on any atom is 0.317 e. The SMILES string of the molecule is CC(NC(=O)NCCN(C)C)Oc1ccc(C(C)C)cc1. The van der Waals surface area contributed by atoms with Crippen LogP contribution in [0.1, 0.15) is 32.3 Å². The monoisotopic (exact) mass is 293 g/mol. The average Bonchev–Trinajstić information content (AvgIpc) is 2.38. The molecule has 1 unspecified atom stereocenters. The average molecular weight is 293 g/mol. The third-order valence-corrected chi connectivity index (χ3v) is 3.04. The fraction of sp³-hybridized carbons (Fsp3) is 0.562. The largest absolute Gasteiger partial charge is 0.471 e. The Morgan fingerprint density at radius 1 is 1.19 bits per heavy atom. The number of hydrogen-bond acceptors (Lipinski definition) is 3. The molecule has 21 heavy (non-hydrogen) atoms. The van der Waals surface area contributed by atoms with Crippen LogP contribution in [0.15, 0.2) is 24.3 Å². The normalized spacial score (nSPS) is 12.3. The Balaban J connectivity index is 2.35. The van der Waals surface area contributed by atoms with Gasteiger partial charge in [0.15, 0.2) is 6.23 Å². The van der Waals surface area contributed by atoms with Crippen molar-refractivity contribution in [2.75, 3.05) is 27.2 Å². The number of nitrogens with zero attached hydrogens (tertiary/aromatic N) is 1. The van der Waals surface area contributed by atoms with Crippen molar-refractivity contribution in [2.45, 2.75) is 32.9 Å². The predicted octanol–water partition coefficient (Wildman–Crippen LogP) is 2.40. The summed E-state index contributed by atoms with van der Waals surface area (Å²) in [6, 6.07) is 7.73. The van der Waals surface area contributed by atoms with Gasteiger partial charge in [0.2, 0.25) is 0 Å². The lowest BCUT2D eigenvalue weighted by Gasteiger charge is -2.18. The minimum atomic E-state index is -0.380. The highest BCUT2D eigenvalue weighted by Gasteiger charge is 2.08. The first-order valence-electron chi connectivity index (χ1n) is 7.34. The lowest BCUT2D eigenvalue weighted by molar-refractivity contribution is 0.176. The summed E-state index contributed by atoms with van der Waals surface area (Å²) < 4.78 is 5.66. The summed E-state index contributed by atoms with van der Waals surface area (Å²) in [6.07, 6.45) is -0.380. The number of likely N-dealkylation sites (N-methyl/N-ethyl adjacent to an activating group) is 1. The number of hydrogen-bond donors (Lipinski definition) is 2. The van der Waals surface area contributed by atoms with Gasteiger partial charge < -0.3 is 20.3 Å². The van der Waals surface area contributed by atoms with Crippen molar-refractivity contribution in [3.8, 4) is 5.75 Å². The highest BCUT2D eigenvalue weighted by atomic mass is 16.5. The molecule has 1 rings (SSSR count). The number of carbonyl (C=O) groups excluding carboxylic acids is 1. The number of urea groups is 1. The molecule has 1 atom stereocenters. The van der Waals surface area contributed by atoms with Crippen LogP contribution < -0.4 is 15.4 Å². The molecule has 0 aliphatic rings. The second-order valence-corrected chi connectivity index (χ2v) is 5.69. The lowest BCUT2D eigenvalue weighted by atomic mass is 10.0. The van der Waals surface area contributed by atoms with Gasteiger partial charge in [-0.25, -0.2) is 4.79 Å². The van der Waals surface area contributed by atoms with E-state index in [9.17, 15) is 4.79 Å². The minimum absolute atomic E-state index is 0.219. The van der Waals surface area contributed by atoms with Gasteiger partial charge in [-0.1, -0.05) is 26.0 Å². The number of rotatable bonds is 7. The van der Waals surface area contributed by atoms with Crippen molar-refractivity contribution in [2.24, 2.45) is 0 Å². The molecule has 0 bridgehead atoms. The van der Waals surface area contributed by atoms with Crippen LogP contribution in [0.3, 0.4) is 0 Å². The van der Waals surface area contributed by atoms with E-state index in [1.165, 1.54) is 5.56 Å². The van der Waals surface area contributed by atoms with Crippen LogP contribution in [0.5, 0.6) is 5.75 Å². The van der Waals surface area contributed by atoms with Gasteiger partial charge in [-0.2, -0.15) is 0 Å². The Morgan fingerprint density at radius 2 is 1.81 bits per heavy atom. The summed E-state index contributed by atoms with van der Waals surface area (Å²) >= 11 is 0. The van der Waals surface area contributed by atoms with Crippen LogP contribution in [0.25, 0.3) is 0 Å². The van der Waals surface area contributed by atoms with E-state index in [4.69, 9.17) is 4.74 Å². The molecule has 1 aromatic carbocycles. The highest BCUT2D eigenvalue weighted by molar-refractivity contribution is 5.73. The van der Waals surface area contributed by atoms with Gasteiger partial charge in [-0.05, 0) is 44.6 Å². The molecule has 118 valence electrons. The van der Waals surface area contributed by atoms with E-state index in [0.717, 1.165) is 12.3 Å². The van der Waals surface area contributed by atoms with Crippen LogP contribution in [-0.4, -0.2) is 44.3 Å². The van der Waals surface area contributed by atoms with Gasteiger partial charge in [0.1, 0.15) is 5.75 Å². The van der Waals surface area contributed by atoms with Crippen LogP contribution in [-0.2, 0) is 0 Å². The quantitative estimate of drug-likeness (QED) is 0.759. The fourth-order valence-electron chi connectivity index (χ4n) is 1.79. The third kappa shape index (κ3) is 6.99. The first-order valence-corrected chi connectivity index (χ1v) is 7.34. The van der Waals surface area contributed by atoms with Gasteiger partial charge in [0.05, 0.1) is 0 Å². The molecule has 0 saturated heterocycles. The van der Waals surface area contributed by atoms with Crippen LogP contribution >= 0.6 is 0 Å². The molecular weight excluding hydrogens is 266 g/mol. The number of nitrogens with one attached hydrogen (secondary N) is 2. The van der Waals surface area contributed by atoms with E-state index in [0.29, 0.717) is 12.5 Å². The maximum atomic E-state index is 11.6. The molecule has 1 aromatic rings. The van der Waals surface area contributed by atoms with Crippen molar-refractivity contribution in [3.05, 3.63) is 29.8 Å². The third-order valence-electron chi connectivity index (χ3n) is 3.04. The van der Waals surface area contributed by atoms with Gasteiger partial charge >= 0.3 is 6.03 Å². The number of carbonyl (C=O) groups is 1. The lowest BCUT2D eigenvalue weighted by Crippen LogP contribution is -2.45. The van der Waals surface area contributed by atoms with Crippen LogP contribution in [0.2, 0.25) is 0 Å². The summed E-state index contributed by atoms with van der Waals surface area (Å²) in [5.74, 6) is 1.25. The van der Waals surface area contributed by atoms with E-state index in [-0.39, 0.29) is 12.3 Å². The van der Waals surface area contributed by atoms with Crippen LogP contribution in [0.4, 0.5) is 4.79 Å². The summed E-state index contributed by atoms with van der Waals surface area (Å²) in [5.41, 5.74) is 1.27. The van der Waals surface area contributed by atoms with Gasteiger partial charge in [0.25, 0.3) is 0 Å². The second-order valence-electron chi connectivity index (χ2n) is 5.69. The molecule has 5 nitrogen and oxygen atoms in total. The summed E-state index contributed by atoms with van der Waals surface area (Å²) in [7, 11) is 3.93. The number of ether oxygens (including phenoxy) is 1. The van der Waals surface area contributed by atoms with E-state index in [2.05, 4.69) is 24.5 Å². The molecular formula is C16H27N3O2. The minimum Gasteiger partial charge on any atom is -0.471 e. The molecule has 2 amide bonds. The Hall–Kier alpha value is -1.75. The van der Waals surface area contributed by atoms with Crippen molar-refractivity contribution < 1.29 is 9.53 Å². The van der Waals surface area contributed by atoms with Crippen molar-refractivity contribution in [3.63, 3.8) is 0 Å². The summed E-state index contributed by atoms with van der Waals surface area (Å²) in [5, 5.41) is 5.53. The Kier molecular flexibility index (Phi) is 7.02. The molecule has 0 saturated carbocycles. The smallest absolute Gasteiger partial charge is 0.317 e. The van der Waals surface area contributed by atoms with Gasteiger partial charge in [0, 0.05) is 13.1 Å². The first kappa shape index (κ1) is 17.3. The summed E-state index contributed by atoms with van der Waals surface area (Å²) in [4.78, 5) is 13.7. The van der Waals surface area contributed by atoms with E-state index >= 15 is 0 Å². The van der Waals surface area contributed by atoms with Gasteiger partial charge in [-0.15, -0.1) is 0 Å². The topological polar surface area (TPSA) is 53.6 Å². The molecule has 0 heterocycles. The van der Waals surface area contributed by atoms with Crippen molar-refractivity contribution in [1.82, 2.24) is 15.5 Å². The van der Waals surface area contributed by atoms with Crippen LogP contribution in [0, 0.1) is 0 Å². The Labute approximate surface area is 127 Å². The van der Waals surface area contributed by atoms with E-state index < -0.39 is 0 Å². The standard InChI is InChI=1S/C16H27N3O2/c1-12(2)14-6-8-15(9-7-14)21-13(3)18-16(20)17-10-11-19(4)5/h6-9,12-13H,10-11H2,1-5H3,(H2,17,18,20). The van der Waals surface area contributed by atoms with Crippen molar-refractivity contribution >= 4 is 6.03 Å². The second kappa shape index (κ2) is 8.52. The molecule has 0 aliphatic heterocycles. The molecule has 2 N–H and O–H groups in total. The fourth-order valence-corrected chi connectivity index (χ4v) is 1.79. The van der Waals surface area contributed by atoms with E-state index in [1.807, 2.05) is 50.2 Å². The number of benzene rings is 1. The maximum absolute atomic E-state index is 11.6. The predicted molar refractivity (Wildman–Crippen MR) is 85.7 cm³/mol. The summed E-state index contributed by atoms with van der Waals surface area (Å²) in [6.45, 7) is 7.52. The molecule has 0 aliphatic carbocycles. The Morgan fingerprint density at radius 3 is 2.33 bits per heavy atom. The van der Waals surface area contributed by atoms with Crippen molar-refractivity contribution in [1.29, 1.82) is 0 Å². The zero-order valence-electron chi connectivity index (χ0n) is 13.6.